The molecule has 0 spiro atoms. The molecule has 0 aromatic rings. The fraction of sp³-hybridized carbons (Fsp3) is 0.833. The summed E-state index contributed by atoms with van der Waals surface area (Å²) in [6, 6.07) is 0.0694. The molecule has 0 aliphatic carbocycles. The first-order chi connectivity index (χ1) is 8.58. The van der Waals surface area contributed by atoms with Gasteiger partial charge >= 0.3 is 5.97 Å². The summed E-state index contributed by atoms with van der Waals surface area (Å²) < 4.78 is 5.28. The predicted octanol–water partition coefficient (Wildman–Crippen LogP) is -0.360. The molecule has 2 saturated heterocycles. The van der Waals surface area contributed by atoms with E-state index in [-0.39, 0.29) is 18.4 Å². The van der Waals surface area contributed by atoms with Gasteiger partial charge in [-0.1, -0.05) is 0 Å². The Morgan fingerprint density at radius 1 is 1.50 bits per heavy atom. The van der Waals surface area contributed by atoms with E-state index in [1.165, 1.54) is 0 Å². The largest absolute Gasteiger partial charge is 0.481 e. The smallest absolute Gasteiger partial charge is 0.308 e. The van der Waals surface area contributed by atoms with Crippen LogP contribution in [0.2, 0.25) is 0 Å². The first-order valence-corrected chi connectivity index (χ1v) is 6.40. The molecule has 0 aromatic carbocycles. The van der Waals surface area contributed by atoms with Crippen molar-refractivity contribution < 1.29 is 19.4 Å². The number of carbonyl (C=O) groups excluding carboxylic acids is 1. The number of hydrogen-bond donors (Lipinski definition) is 1. The van der Waals surface area contributed by atoms with Gasteiger partial charge in [0.25, 0.3) is 0 Å². The van der Waals surface area contributed by atoms with Gasteiger partial charge in [-0.05, 0) is 6.92 Å². The highest BCUT2D eigenvalue weighted by Gasteiger charge is 2.36. The van der Waals surface area contributed by atoms with Crippen LogP contribution in [-0.2, 0) is 14.3 Å². The van der Waals surface area contributed by atoms with Crippen molar-refractivity contribution in [3.05, 3.63) is 0 Å². The maximum absolute atomic E-state index is 11.8. The second kappa shape index (κ2) is 5.67. The van der Waals surface area contributed by atoms with Crippen LogP contribution in [0.3, 0.4) is 0 Å². The molecule has 0 saturated carbocycles. The molecule has 102 valence electrons. The van der Waals surface area contributed by atoms with Gasteiger partial charge in [-0.2, -0.15) is 0 Å². The van der Waals surface area contributed by atoms with Crippen LogP contribution < -0.4 is 0 Å². The molecule has 1 amide bonds. The second-order valence-corrected chi connectivity index (χ2v) is 5.05. The van der Waals surface area contributed by atoms with E-state index in [1.807, 2.05) is 6.92 Å². The topological polar surface area (TPSA) is 70.1 Å². The standard InChI is InChI=1S/C12H20N2O4/c1-9(7-13-2-4-18-5-3-13)14-8-10(12(16)17)6-11(14)15/h9-10H,2-8H2,1H3,(H,16,17). The summed E-state index contributed by atoms with van der Waals surface area (Å²) in [5.41, 5.74) is 0. The van der Waals surface area contributed by atoms with Gasteiger partial charge in [-0.25, -0.2) is 0 Å². The zero-order valence-corrected chi connectivity index (χ0v) is 10.7. The van der Waals surface area contributed by atoms with Gasteiger partial charge in [0, 0.05) is 38.6 Å². The van der Waals surface area contributed by atoms with E-state index in [1.54, 1.807) is 4.90 Å². The number of ether oxygens (including phenoxy) is 1. The quantitative estimate of drug-likeness (QED) is 0.744. The Labute approximate surface area is 106 Å². The zero-order chi connectivity index (χ0) is 13.1. The van der Waals surface area contributed by atoms with Crippen LogP contribution in [0.4, 0.5) is 0 Å². The molecule has 0 radical (unpaired) electrons. The minimum Gasteiger partial charge on any atom is -0.481 e. The molecule has 2 fully saturated rings. The molecule has 2 aliphatic heterocycles. The summed E-state index contributed by atoms with van der Waals surface area (Å²) in [4.78, 5) is 26.7. The van der Waals surface area contributed by atoms with Crippen molar-refractivity contribution in [2.24, 2.45) is 5.92 Å². The summed E-state index contributed by atoms with van der Waals surface area (Å²) in [5, 5.41) is 8.95. The Bertz CT molecular complexity index is 328. The van der Waals surface area contributed by atoms with Crippen LogP contribution >= 0.6 is 0 Å². The van der Waals surface area contributed by atoms with Crippen LogP contribution in [0.1, 0.15) is 13.3 Å². The maximum atomic E-state index is 11.8. The van der Waals surface area contributed by atoms with E-state index in [2.05, 4.69) is 4.90 Å². The number of carbonyl (C=O) groups is 2. The van der Waals surface area contributed by atoms with E-state index in [0.717, 1.165) is 32.8 Å². The average molecular weight is 256 g/mol. The van der Waals surface area contributed by atoms with Crippen molar-refractivity contribution in [2.45, 2.75) is 19.4 Å². The van der Waals surface area contributed by atoms with Crippen LogP contribution in [0.15, 0.2) is 0 Å². The van der Waals surface area contributed by atoms with Crippen molar-refractivity contribution in [3.63, 3.8) is 0 Å². The second-order valence-electron chi connectivity index (χ2n) is 5.05. The molecule has 1 N–H and O–H groups in total. The van der Waals surface area contributed by atoms with Crippen LogP contribution in [0.25, 0.3) is 0 Å². The summed E-state index contributed by atoms with van der Waals surface area (Å²) in [6.45, 7) is 6.36. The maximum Gasteiger partial charge on any atom is 0.308 e. The fourth-order valence-electron chi connectivity index (χ4n) is 2.58. The number of carboxylic acid groups (broad SMARTS) is 1. The van der Waals surface area contributed by atoms with Crippen molar-refractivity contribution in [1.82, 2.24) is 9.80 Å². The number of hydrogen-bond acceptors (Lipinski definition) is 4. The van der Waals surface area contributed by atoms with E-state index in [4.69, 9.17) is 9.84 Å². The van der Waals surface area contributed by atoms with Crippen LogP contribution in [0.5, 0.6) is 0 Å². The third kappa shape index (κ3) is 3.00. The van der Waals surface area contributed by atoms with E-state index >= 15 is 0 Å². The Morgan fingerprint density at radius 2 is 2.17 bits per heavy atom. The Balaban J connectivity index is 1.86. The Kier molecular flexibility index (Phi) is 4.19. The molecule has 18 heavy (non-hydrogen) atoms. The van der Waals surface area contributed by atoms with Gasteiger partial charge in [-0.15, -0.1) is 0 Å². The highest BCUT2D eigenvalue weighted by molar-refractivity contribution is 5.86. The van der Waals surface area contributed by atoms with Gasteiger partial charge in [0.2, 0.25) is 5.91 Å². The number of morpholine rings is 1. The number of amides is 1. The van der Waals surface area contributed by atoms with Crippen molar-refractivity contribution in [1.29, 1.82) is 0 Å². The lowest BCUT2D eigenvalue weighted by Crippen LogP contribution is -2.46. The van der Waals surface area contributed by atoms with Crippen molar-refractivity contribution in [3.8, 4) is 0 Å². The van der Waals surface area contributed by atoms with Crippen LogP contribution in [0, 0.1) is 5.92 Å². The highest BCUT2D eigenvalue weighted by Crippen LogP contribution is 2.20. The van der Waals surface area contributed by atoms with E-state index in [9.17, 15) is 9.59 Å². The Hall–Kier alpha value is -1.14. The molecular formula is C12H20N2O4. The zero-order valence-electron chi connectivity index (χ0n) is 10.7. The number of carboxylic acids is 1. The summed E-state index contributed by atoms with van der Waals surface area (Å²) in [6.07, 6.45) is 0.142. The number of likely N-dealkylation sites (tertiary alicyclic amines) is 1. The minimum absolute atomic E-state index is 0.0387. The molecule has 6 nitrogen and oxygen atoms in total. The van der Waals surface area contributed by atoms with Gasteiger partial charge < -0.3 is 14.7 Å². The first-order valence-electron chi connectivity index (χ1n) is 6.40. The minimum atomic E-state index is -0.871. The normalized spacial score (nSPS) is 27.5. The molecule has 0 bridgehead atoms. The van der Waals surface area contributed by atoms with Gasteiger partial charge in [0.05, 0.1) is 19.1 Å². The molecule has 0 aromatic heterocycles. The van der Waals surface area contributed by atoms with E-state index < -0.39 is 11.9 Å². The summed E-state index contributed by atoms with van der Waals surface area (Å²) in [5.74, 6) is -1.45. The summed E-state index contributed by atoms with van der Waals surface area (Å²) in [7, 11) is 0. The third-order valence-corrected chi connectivity index (χ3v) is 3.67. The van der Waals surface area contributed by atoms with Crippen molar-refractivity contribution in [2.75, 3.05) is 39.4 Å². The molecule has 2 atom stereocenters. The van der Waals surface area contributed by atoms with Gasteiger partial charge in [-0.3, -0.25) is 14.5 Å². The monoisotopic (exact) mass is 256 g/mol. The van der Waals surface area contributed by atoms with Crippen LogP contribution in [-0.4, -0.2) is 72.2 Å². The predicted molar refractivity (Wildman–Crippen MR) is 64.2 cm³/mol. The first kappa shape index (κ1) is 13.3. The Morgan fingerprint density at radius 3 is 2.72 bits per heavy atom. The number of aliphatic carboxylic acids is 1. The molecule has 2 unspecified atom stereocenters. The molecule has 6 heteroatoms. The third-order valence-electron chi connectivity index (χ3n) is 3.67. The average Bonchev–Trinajstić information content (AvgIpc) is 2.73. The van der Waals surface area contributed by atoms with Gasteiger partial charge in [0.1, 0.15) is 0 Å². The fourth-order valence-corrected chi connectivity index (χ4v) is 2.58. The number of rotatable bonds is 4. The highest BCUT2D eigenvalue weighted by atomic mass is 16.5. The molecule has 2 heterocycles. The lowest BCUT2D eigenvalue weighted by atomic mass is 10.1. The lowest BCUT2D eigenvalue weighted by molar-refractivity contribution is -0.141. The van der Waals surface area contributed by atoms with E-state index in [0.29, 0.717) is 6.54 Å². The molecular weight excluding hydrogens is 236 g/mol. The van der Waals surface area contributed by atoms with Crippen molar-refractivity contribution >= 4 is 11.9 Å². The number of nitrogens with zero attached hydrogens (tertiary/aromatic N) is 2. The SMILES string of the molecule is CC(CN1CCOCC1)N1CC(C(=O)O)CC1=O. The van der Waals surface area contributed by atoms with Gasteiger partial charge in [0.15, 0.2) is 0 Å². The molecule has 2 aliphatic rings. The molecule has 2 rings (SSSR count). The lowest BCUT2D eigenvalue weighted by Gasteiger charge is -2.33. The summed E-state index contributed by atoms with van der Waals surface area (Å²) >= 11 is 0.